The van der Waals surface area contributed by atoms with Gasteiger partial charge in [-0.05, 0) is 59.5 Å². The molecule has 0 aromatic heterocycles. The van der Waals surface area contributed by atoms with E-state index in [9.17, 15) is 9.59 Å². The van der Waals surface area contributed by atoms with Crippen LogP contribution in [0.4, 0.5) is 5.69 Å². The van der Waals surface area contributed by atoms with E-state index in [1.54, 1.807) is 0 Å². The van der Waals surface area contributed by atoms with Crippen molar-refractivity contribution in [3.05, 3.63) is 27.8 Å². The van der Waals surface area contributed by atoms with Crippen LogP contribution in [-0.2, 0) is 9.59 Å². The molecule has 4 heteroatoms. The molecule has 0 spiro atoms. The summed E-state index contributed by atoms with van der Waals surface area (Å²) in [4.78, 5) is 26.4. The number of fused-ring (bicyclic) bond motifs is 1. The Morgan fingerprint density at radius 3 is 2.37 bits per heavy atom. The summed E-state index contributed by atoms with van der Waals surface area (Å²) in [5.41, 5.74) is 0.726. The molecule has 100 valence electrons. The lowest BCUT2D eigenvalue weighted by molar-refractivity contribution is -0.123. The molecule has 0 N–H and O–H groups in total. The Balaban J connectivity index is 1.91. The number of amides is 2. The lowest BCUT2D eigenvalue weighted by atomic mass is 10.00. The fourth-order valence-corrected chi connectivity index (χ4v) is 3.86. The molecule has 19 heavy (non-hydrogen) atoms. The number of rotatable bonds is 2. The van der Waals surface area contributed by atoms with Crippen molar-refractivity contribution in [1.29, 1.82) is 0 Å². The molecule has 1 aromatic rings. The molecule has 1 aliphatic carbocycles. The second kappa shape index (κ2) is 4.89. The second-order valence-electron chi connectivity index (χ2n) is 5.45. The van der Waals surface area contributed by atoms with Crippen molar-refractivity contribution in [3.8, 4) is 0 Å². The molecule has 1 aliphatic heterocycles. The summed E-state index contributed by atoms with van der Waals surface area (Å²) >= 11 is 2.20. The summed E-state index contributed by atoms with van der Waals surface area (Å²) in [5.74, 6) is 0.410. The van der Waals surface area contributed by atoms with Gasteiger partial charge in [-0.15, -0.1) is 0 Å². The van der Waals surface area contributed by atoms with Gasteiger partial charge in [0.2, 0.25) is 11.8 Å². The highest BCUT2D eigenvalue weighted by molar-refractivity contribution is 14.1. The van der Waals surface area contributed by atoms with E-state index in [0.717, 1.165) is 28.5 Å². The maximum atomic E-state index is 12.5. The molecular formula is C15H16INO2. The minimum absolute atomic E-state index is 0.00736. The van der Waals surface area contributed by atoms with Gasteiger partial charge in [0, 0.05) is 3.57 Å². The lowest BCUT2D eigenvalue weighted by Crippen LogP contribution is -2.32. The summed E-state index contributed by atoms with van der Waals surface area (Å²) in [5, 5.41) is 0. The summed E-state index contributed by atoms with van der Waals surface area (Å²) in [6.07, 6.45) is 2.83. The van der Waals surface area contributed by atoms with E-state index in [2.05, 4.69) is 29.5 Å². The van der Waals surface area contributed by atoms with Crippen molar-refractivity contribution in [2.45, 2.75) is 26.2 Å². The zero-order valence-electron chi connectivity index (χ0n) is 10.8. The molecule has 0 bridgehead atoms. The highest BCUT2D eigenvalue weighted by Crippen LogP contribution is 2.45. The van der Waals surface area contributed by atoms with Crippen LogP contribution < -0.4 is 4.90 Å². The third-order valence-electron chi connectivity index (χ3n) is 4.38. The quantitative estimate of drug-likeness (QED) is 0.593. The topological polar surface area (TPSA) is 37.4 Å². The molecule has 1 heterocycles. The fourth-order valence-electron chi connectivity index (χ4n) is 3.33. The predicted molar refractivity (Wildman–Crippen MR) is 81.6 cm³/mol. The number of carbonyl (C=O) groups excluding carboxylic acids is 2. The van der Waals surface area contributed by atoms with Crippen molar-refractivity contribution >= 4 is 40.1 Å². The van der Waals surface area contributed by atoms with E-state index in [1.807, 2.05) is 24.3 Å². The molecule has 2 unspecified atom stereocenters. The zero-order valence-corrected chi connectivity index (χ0v) is 13.0. The first kappa shape index (κ1) is 13.1. The van der Waals surface area contributed by atoms with Crippen LogP contribution in [0, 0.1) is 21.3 Å². The number of halogens is 1. The monoisotopic (exact) mass is 369 g/mol. The van der Waals surface area contributed by atoms with E-state index in [0.29, 0.717) is 5.92 Å². The molecule has 1 aromatic carbocycles. The number of anilines is 1. The normalized spacial score (nSPS) is 30.0. The van der Waals surface area contributed by atoms with Gasteiger partial charge in [0.25, 0.3) is 0 Å². The Bertz CT molecular complexity index is 519. The number of imide groups is 1. The molecule has 0 radical (unpaired) electrons. The smallest absolute Gasteiger partial charge is 0.237 e. The number of carbonyl (C=O) groups is 2. The van der Waals surface area contributed by atoms with Crippen molar-refractivity contribution in [3.63, 3.8) is 0 Å². The van der Waals surface area contributed by atoms with Crippen LogP contribution >= 0.6 is 22.6 Å². The maximum Gasteiger partial charge on any atom is 0.237 e. The van der Waals surface area contributed by atoms with Gasteiger partial charge in [0.15, 0.2) is 0 Å². The zero-order chi connectivity index (χ0) is 13.6. The van der Waals surface area contributed by atoms with Crippen molar-refractivity contribution < 1.29 is 9.59 Å². The Labute approximate surface area is 126 Å². The van der Waals surface area contributed by atoms with Gasteiger partial charge in [0.1, 0.15) is 0 Å². The first-order valence-electron chi connectivity index (χ1n) is 6.75. The van der Waals surface area contributed by atoms with Gasteiger partial charge in [-0.3, -0.25) is 14.5 Å². The average Bonchev–Trinajstić information content (AvgIpc) is 2.91. The third kappa shape index (κ3) is 2.10. The molecule has 1 saturated heterocycles. The first-order chi connectivity index (χ1) is 9.11. The predicted octanol–water partition coefficient (Wildman–Crippen LogP) is 3.22. The SMILES string of the molecule is CCC1CC2C(=O)N(c3cccc(I)c3)C(=O)C2C1. The van der Waals surface area contributed by atoms with Crippen LogP contribution in [0.2, 0.25) is 0 Å². The largest absolute Gasteiger partial charge is 0.274 e. The van der Waals surface area contributed by atoms with Gasteiger partial charge in [-0.2, -0.15) is 0 Å². The lowest BCUT2D eigenvalue weighted by Gasteiger charge is -2.17. The van der Waals surface area contributed by atoms with E-state index in [4.69, 9.17) is 0 Å². The molecule has 3 nitrogen and oxygen atoms in total. The summed E-state index contributed by atoms with van der Waals surface area (Å²) < 4.78 is 1.04. The second-order valence-corrected chi connectivity index (χ2v) is 6.70. The van der Waals surface area contributed by atoms with Crippen molar-refractivity contribution in [2.24, 2.45) is 17.8 Å². The molecule has 1 saturated carbocycles. The highest BCUT2D eigenvalue weighted by atomic mass is 127. The maximum absolute atomic E-state index is 12.5. The van der Waals surface area contributed by atoms with Crippen LogP contribution in [0.5, 0.6) is 0 Å². The van der Waals surface area contributed by atoms with Crippen LogP contribution in [-0.4, -0.2) is 11.8 Å². The Morgan fingerprint density at radius 2 is 1.84 bits per heavy atom. The average molecular weight is 369 g/mol. The minimum atomic E-state index is -0.0738. The van der Waals surface area contributed by atoms with Crippen molar-refractivity contribution in [2.75, 3.05) is 4.90 Å². The first-order valence-corrected chi connectivity index (χ1v) is 7.83. The van der Waals surface area contributed by atoms with Gasteiger partial charge < -0.3 is 0 Å². The van der Waals surface area contributed by atoms with Gasteiger partial charge in [0.05, 0.1) is 17.5 Å². The summed E-state index contributed by atoms with van der Waals surface area (Å²) in [7, 11) is 0. The van der Waals surface area contributed by atoms with Gasteiger partial charge in [-0.1, -0.05) is 19.4 Å². The molecular weight excluding hydrogens is 353 g/mol. The molecule has 2 fully saturated rings. The summed E-state index contributed by atoms with van der Waals surface area (Å²) in [6, 6.07) is 7.59. The van der Waals surface area contributed by atoms with E-state index >= 15 is 0 Å². The van der Waals surface area contributed by atoms with Crippen LogP contribution in [0.15, 0.2) is 24.3 Å². The third-order valence-corrected chi connectivity index (χ3v) is 5.05. The summed E-state index contributed by atoms with van der Waals surface area (Å²) in [6.45, 7) is 2.14. The number of benzene rings is 1. The molecule has 3 rings (SSSR count). The number of hydrogen-bond donors (Lipinski definition) is 0. The highest BCUT2D eigenvalue weighted by Gasteiger charge is 2.52. The van der Waals surface area contributed by atoms with Crippen LogP contribution in [0.3, 0.4) is 0 Å². The van der Waals surface area contributed by atoms with E-state index in [-0.39, 0.29) is 23.7 Å². The van der Waals surface area contributed by atoms with E-state index < -0.39 is 0 Å². The van der Waals surface area contributed by atoms with E-state index in [1.165, 1.54) is 4.90 Å². The number of nitrogens with zero attached hydrogens (tertiary/aromatic N) is 1. The molecule has 2 atom stereocenters. The Hall–Kier alpha value is -0.910. The van der Waals surface area contributed by atoms with Gasteiger partial charge >= 0.3 is 0 Å². The Morgan fingerprint density at radius 1 is 1.21 bits per heavy atom. The standard InChI is InChI=1S/C15H16INO2/c1-2-9-6-12-13(7-9)15(19)17(14(12)18)11-5-3-4-10(16)8-11/h3-5,8-9,12-13H,2,6-7H2,1H3. The van der Waals surface area contributed by atoms with Crippen LogP contribution in [0.25, 0.3) is 0 Å². The number of hydrogen-bond acceptors (Lipinski definition) is 2. The fraction of sp³-hybridized carbons (Fsp3) is 0.467. The van der Waals surface area contributed by atoms with Crippen molar-refractivity contribution in [1.82, 2.24) is 0 Å². The Kier molecular flexibility index (Phi) is 3.37. The van der Waals surface area contributed by atoms with Crippen LogP contribution in [0.1, 0.15) is 26.2 Å². The minimum Gasteiger partial charge on any atom is -0.274 e. The molecule has 2 aliphatic rings. The van der Waals surface area contributed by atoms with Gasteiger partial charge in [-0.25, -0.2) is 0 Å². The molecule has 2 amide bonds.